The van der Waals surface area contributed by atoms with Gasteiger partial charge in [0.2, 0.25) is 5.91 Å². The van der Waals surface area contributed by atoms with Crippen LogP contribution in [0.1, 0.15) is 6.92 Å². The van der Waals surface area contributed by atoms with Gasteiger partial charge >= 0.3 is 0 Å². The number of aromatic nitrogens is 2. The zero-order chi connectivity index (χ0) is 22.3. The van der Waals surface area contributed by atoms with Crippen molar-refractivity contribution in [1.82, 2.24) is 14.9 Å². The van der Waals surface area contributed by atoms with E-state index in [0.29, 0.717) is 35.7 Å². The molecule has 8 heteroatoms. The lowest BCUT2D eigenvalue weighted by Gasteiger charge is -2.10. The molecule has 0 fully saturated rings. The van der Waals surface area contributed by atoms with Crippen LogP contribution < -0.4 is 20.3 Å². The number of hydrogen-bond donors (Lipinski definition) is 1. The van der Waals surface area contributed by atoms with Gasteiger partial charge in [-0.1, -0.05) is 30.3 Å². The van der Waals surface area contributed by atoms with Gasteiger partial charge in [0.05, 0.1) is 24.9 Å². The SMILES string of the molecule is CCOc1ccc(OCCNC(=O)Cn2cnc3scc(-c4ccccc4)c3c2=O)cc1. The molecule has 4 rings (SSSR count). The van der Waals surface area contributed by atoms with Gasteiger partial charge < -0.3 is 14.8 Å². The molecule has 164 valence electrons. The van der Waals surface area contributed by atoms with Crippen LogP contribution in [0, 0.1) is 0 Å². The molecule has 7 nitrogen and oxygen atoms in total. The molecule has 0 spiro atoms. The Labute approximate surface area is 189 Å². The molecule has 2 heterocycles. The second-order valence-electron chi connectivity index (χ2n) is 6.98. The zero-order valence-electron chi connectivity index (χ0n) is 17.6. The van der Waals surface area contributed by atoms with Crippen molar-refractivity contribution in [3.63, 3.8) is 0 Å². The molecule has 0 saturated carbocycles. The van der Waals surface area contributed by atoms with Crippen molar-refractivity contribution in [2.24, 2.45) is 0 Å². The number of carbonyl (C=O) groups is 1. The van der Waals surface area contributed by atoms with E-state index >= 15 is 0 Å². The van der Waals surface area contributed by atoms with Gasteiger partial charge in [0.1, 0.15) is 29.5 Å². The van der Waals surface area contributed by atoms with Crippen LogP contribution in [0.3, 0.4) is 0 Å². The van der Waals surface area contributed by atoms with E-state index in [9.17, 15) is 9.59 Å². The topological polar surface area (TPSA) is 82.4 Å². The summed E-state index contributed by atoms with van der Waals surface area (Å²) in [6.07, 6.45) is 1.42. The van der Waals surface area contributed by atoms with Crippen molar-refractivity contribution in [1.29, 1.82) is 0 Å². The third-order valence-corrected chi connectivity index (χ3v) is 5.67. The number of nitrogens with zero attached hydrogens (tertiary/aromatic N) is 2. The minimum absolute atomic E-state index is 0.102. The van der Waals surface area contributed by atoms with Crippen LogP contribution >= 0.6 is 11.3 Å². The van der Waals surface area contributed by atoms with Gasteiger partial charge in [-0.3, -0.25) is 14.2 Å². The minimum atomic E-state index is -0.278. The smallest absolute Gasteiger partial charge is 0.263 e. The Balaban J connectivity index is 1.35. The maximum Gasteiger partial charge on any atom is 0.263 e. The lowest BCUT2D eigenvalue weighted by molar-refractivity contribution is -0.121. The van der Waals surface area contributed by atoms with Crippen LogP contribution in [-0.2, 0) is 11.3 Å². The fourth-order valence-electron chi connectivity index (χ4n) is 3.28. The van der Waals surface area contributed by atoms with Crippen molar-refractivity contribution < 1.29 is 14.3 Å². The first-order valence-electron chi connectivity index (χ1n) is 10.3. The number of nitrogens with one attached hydrogen (secondary N) is 1. The molecule has 0 unspecified atom stereocenters. The second kappa shape index (κ2) is 10.1. The van der Waals surface area contributed by atoms with E-state index in [1.54, 1.807) is 0 Å². The molecule has 2 aromatic heterocycles. The van der Waals surface area contributed by atoms with E-state index < -0.39 is 0 Å². The van der Waals surface area contributed by atoms with Crippen LogP contribution in [0.4, 0.5) is 0 Å². The summed E-state index contributed by atoms with van der Waals surface area (Å²) >= 11 is 1.42. The van der Waals surface area contributed by atoms with Gasteiger partial charge in [-0.25, -0.2) is 4.98 Å². The predicted molar refractivity (Wildman–Crippen MR) is 125 cm³/mol. The van der Waals surface area contributed by atoms with E-state index in [-0.39, 0.29) is 18.0 Å². The molecule has 1 amide bonds. The molecule has 0 saturated heterocycles. The Bertz CT molecular complexity index is 1250. The minimum Gasteiger partial charge on any atom is -0.494 e. The second-order valence-corrected chi connectivity index (χ2v) is 7.83. The number of amides is 1. The Morgan fingerprint density at radius 2 is 1.78 bits per heavy atom. The largest absolute Gasteiger partial charge is 0.494 e. The predicted octanol–water partition coefficient (Wildman–Crippen LogP) is 3.72. The zero-order valence-corrected chi connectivity index (χ0v) is 18.4. The number of hydrogen-bond acceptors (Lipinski definition) is 6. The standard InChI is InChI=1S/C24H23N3O4S/c1-2-30-18-8-10-19(11-9-18)31-13-12-25-21(28)14-27-16-26-23-22(24(27)29)20(15-32-23)17-6-4-3-5-7-17/h3-11,15-16H,2,12-14H2,1H3,(H,25,28). The Hall–Kier alpha value is -3.65. The quantitative estimate of drug-likeness (QED) is 0.394. The summed E-state index contributed by atoms with van der Waals surface area (Å²) in [5.74, 6) is 1.20. The summed E-state index contributed by atoms with van der Waals surface area (Å²) in [5.41, 5.74) is 1.56. The third-order valence-electron chi connectivity index (χ3n) is 4.79. The Kier molecular flexibility index (Phi) is 6.81. The van der Waals surface area contributed by atoms with E-state index in [1.807, 2.05) is 66.9 Å². The molecule has 0 aliphatic carbocycles. The number of benzene rings is 2. The maximum atomic E-state index is 13.0. The summed E-state index contributed by atoms with van der Waals surface area (Å²) in [6.45, 7) is 3.07. The highest BCUT2D eigenvalue weighted by molar-refractivity contribution is 7.17. The highest BCUT2D eigenvalue weighted by atomic mass is 32.1. The third kappa shape index (κ3) is 4.97. The average molecular weight is 450 g/mol. The Morgan fingerprint density at radius 3 is 2.50 bits per heavy atom. The van der Waals surface area contributed by atoms with Crippen molar-refractivity contribution in [3.05, 3.63) is 76.7 Å². The number of fused-ring (bicyclic) bond motifs is 1. The van der Waals surface area contributed by atoms with Crippen molar-refractivity contribution >= 4 is 27.5 Å². The van der Waals surface area contributed by atoms with Gasteiger partial charge in [0.15, 0.2) is 0 Å². The van der Waals surface area contributed by atoms with E-state index in [1.165, 1.54) is 22.2 Å². The van der Waals surface area contributed by atoms with E-state index in [4.69, 9.17) is 9.47 Å². The average Bonchev–Trinajstić information content (AvgIpc) is 3.25. The lowest BCUT2D eigenvalue weighted by atomic mass is 10.1. The first-order valence-corrected chi connectivity index (χ1v) is 11.2. The molecule has 0 radical (unpaired) electrons. The van der Waals surface area contributed by atoms with Gasteiger partial charge in [-0.05, 0) is 36.8 Å². The first kappa shape index (κ1) is 21.6. The summed E-state index contributed by atoms with van der Waals surface area (Å²) in [6, 6.07) is 17.0. The van der Waals surface area contributed by atoms with Crippen LogP contribution in [0.15, 0.2) is 71.1 Å². The van der Waals surface area contributed by atoms with Crippen molar-refractivity contribution in [2.75, 3.05) is 19.8 Å². The highest BCUT2D eigenvalue weighted by Crippen LogP contribution is 2.30. The highest BCUT2D eigenvalue weighted by Gasteiger charge is 2.14. The van der Waals surface area contributed by atoms with Crippen molar-refractivity contribution in [3.8, 4) is 22.6 Å². The van der Waals surface area contributed by atoms with Crippen LogP contribution in [0.5, 0.6) is 11.5 Å². The molecular formula is C24H23N3O4S. The van der Waals surface area contributed by atoms with Crippen LogP contribution in [-0.4, -0.2) is 35.2 Å². The van der Waals surface area contributed by atoms with Crippen LogP contribution in [0.25, 0.3) is 21.3 Å². The first-order chi connectivity index (χ1) is 15.7. The number of carbonyl (C=O) groups excluding carboxylic acids is 1. The van der Waals surface area contributed by atoms with Gasteiger partial charge in [-0.15, -0.1) is 11.3 Å². The summed E-state index contributed by atoms with van der Waals surface area (Å²) < 4.78 is 12.4. The number of rotatable bonds is 9. The molecule has 1 N–H and O–H groups in total. The number of ether oxygens (including phenoxy) is 2. The lowest BCUT2D eigenvalue weighted by Crippen LogP contribution is -2.34. The summed E-state index contributed by atoms with van der Waals surface area (Å²) in [5, 5.41) is 5.24. The normalized spacial score (nSPS) is 10.8. The maximum absolute atomic E-state index is 13.0. The molecule has 4 aromatic rings. The molecule has 0 bridgehead atoms. The summed E-state index contributed by atoms with van der Waals surface area (Å²) in [7, 11) is 0. The van der Waals surface area contributed by atoms with Crippen LogP contribution in [0.2, 0.25) is 0 Å². The molecule has 0 aliphatic heterocycles. The number of thiophene rings is 1. The van der Waals surface area contributed by atoms with Gasteiger partial charge in [-0.2, -0.15) is 0 Å². The van der Waals surface area contributed by atoms with E-state index in [2.05, 4.69) is 10.3 Å². The monoisotopic (exact) mass is 449 g/mol. The van der Waals surface area contributed by atoms with Gasteiger partial charge in [0.25, 0.3) is 5.56 Å². The van der Waals surface area contributed by atoms with Gasteiger partial charge in [0, 0.05) is 10.9 Å². The molecule has 0 aliphatic rings. The molecule has 2 aromatic carbocycles. The fraction of sp³-hybridized carbons (Fsp3) is 0.208. The fourth-order valence-corrected chi connectivity index (χ4v) is 4.19. The van der Waals surface area contributed by atoms with E-state index in [0.717, 1.165) is 16.9 Å². The van der Waals surface area contributed by atoms with Crippen molar-refractivity contribution in [2.45, 2.75) is 13.5 Å². The molecule has 32 heavy (non-hydrogen) atoms. The molecule has 0 atom stereocenters. The summed E-state index contributed by atoms with van der Waals surface area (Å²) in [4.78, 5) is 30.4. The molecular weight excluding hydrogens is 426 g/mol. The Morgan fingerprint density at radius 1 is 1.06 bits per heavy atom.